The van der Waals surface area contributed by atoms with E-state index in [1.165, 1.54) is 0 Å². The number of hydrogen-bond acceptors (Lipinski definition) is 3. The number of aryl methyl sites for hydroxylation is 1. The van der Waals surface area contributed by atoms with Crippen molar-refractivity contribution >= 4 is 21.9 Å². The fourth-order valence-electron chi connectivity index (χ4n) is 2.41. The molecule has 0 spiro atoms. The summed E-state index contributed by atoms with van der Waals surface area (Å²) < 4.78 is 0.605. The number of carbonyl (C=O) groups is 1. The highest BCUT2D eigenvalue weighted by Gasteiger charge is 2.24. The summed E-state index contributed by atoms with van der Waals surface area (Å²) in [7, 11) is 0. The van der Waals surface area contributed by atoms with Crippen LogP contribution in [0.5, 0.6) is 5.75 Å². The molecule has 0 saturated carbocycles. The minimum Gasteiger partial charge on any atom is -0.506 e. The number of fused-ring (bicyclic) bond motifs is 1. The third kappa shape index (κ3) is 2.37. The molecule has 2 rings (SSSR count). The summed E-state index contributed by atoms with van der Waals surface area (Å²) in [5, 5.41) is 19.0. The lowest BCUT2D eigenvalue weighted by molar-refractivity contribution is -0.138. The predicted molar refractivity (Wildman–Crippen MR) is 71.6 cm³/mol. The van der Waals surface area contributed by atoms with Gasteiger partial charge in [0.05, 0.1) is 4.47 Å². The van der Waals surface area contributed by atoms with Crippen LogP contribution in [0.25, 0.3) is 0 Å². The molecule has 1 aromatic carbocycles. The van der Waals surface area contributed by atoms with Gasteiger partial charge in [0.1, 0.15) is 11.8 Å². The third-order valence-electron chi connectivity index (χ3n) is 3.44. The van der Waals surface area contributed by atoms with Gasteiger partial charge in [-0.3, -0.25) is 4.79 Å². The maximum Gasteiger partial charge on any atom is 0.325 e. The first-order valence-corrected chi connectivity index (χ1v) is 6.83. The SMILES string of the molecule is NC(C(=O)O)c1cc2c(c(Br)c1O)CCCCC2. The summed E-state index contributed by atoms with van der Waals surface area (Å²) in [6.45, 7) is 0. The molecule has 18 heavy (non-hydrogen) atoms. The number of phenolic OH excluding ortho intramolecular Hbond substituents is 1. The third-order valence-corrected chi connectivity index (χ3v) is 4.29. The van der Waals surface area contributed by atoms with Crippen LogP contribution in [-0.4, -0.2) is 16.2 Å². The Morgan fingerprint density at radius 2 is 2.00 bits per heavy atom. The number of aromatic hydroxyl groups is 1. The zero-order valence-corrected chi connectivity index (χ0v) is 11.5. The number of rotatable bonds is 2. The lowest BCUT2D eigenvalue weighted by Gasteiger charge is -2.16. The Kier molecular flexibility index (Phi) is 3.92. The van der Waals surface area contributed by atoms with Crippen molar-refractivity contribution in [2.75, 3.05) is 0 Å². The number of nitrogens with two attached hydrogens (primary N) is 1. The topological polar surface area (TPSA) is 83.6 Å². The Morgan fingerprint density at radius 3 is 2.67 bits per heavy atom. The van der Waals surface area contributed by atoms with E-state index in [0.29, 0.717) is 4.47 Å². The number of hydrogen-bond donors (Lipinski definition) is 3. The summed E-state index contributed by atoms with van der Waals surface area (Å²) in [5.74, 6) is -1.17. The first-order chi connectivity index (χ1) is 8.52. The van der Waals surface area contributed by atoms with Crippen molar-refractivity contribution < 1.29 is 15.0 Å². The van der Waals surface area contributed by atoms with E-state index in [-0.39, 0.29) is 11.3 Å². The van der Waals surface area contributed by atoms with Gasteiger partial charge in [0.25, 0.3) is 0 Å². The van der Waals surface area contributed by atoms with Gasteiger partial charge in [0, 0.05) is 5.56 Å². The normalized spacial score (nSPS) is 16.8. The van der Waals surface area contributed by atoms with Gasteiger partial charge in [0.15, 0.2) is 0 Å². The zero-order valence-electron chi connectivity index (χ0n) is 9.95. The van der Waals surface area contributed by atoms with Gasteiger partial charge < -0.3 is 15.9 Å². The second-order valence-electron chi connectivity index (χ2n) is 4.64. The van der Waals surface area contributed by atoms with Crippen molar-refractivity contribution in [3.63, 3.8) is 0 Å². The Bertz CT molecular complexity index is 488. The largest absolute Gasteiger partial charge is 0.506 e. The minimum atomic E-state index is -1.19. The first kappa shape index (κ1) is 13.4. The molecule has 1 aliphatic rings. The van der Waals surface area contributed by atoms with Crippen LogP contribution in [0.4, 0.5) is 0 Å². The van der Waals surface area contributed by atoms with Crippen molar-refractivity contribution in [2.24, 2.45) is 5.73 Å². The minimum absolute atomic E-state index is 0.0365. The van der Waals surface area contributed by atoms with Crippen molar-refractivity contribution in [3.05, 3.63) is 27.2 Å². The van der Waals surface area contributed by atoms with Crippen LogP contribution in [0.3, 0.4) is 0 Å². The maximum absolute atomic E-state index is 10.9. The van der Waals surface area contributed by atoms with Crippen LogP contribution < -0.4 is 5.73 Å². The van der Waals surface area contributed by atoms with Crippen LogP contribution in [0.15, 0.2) is 10.5 Å². The molecule has 0 fully saturated rings. The summed E-state index contributed by atoms with van der Waals surface area (Å²) in [6, 6.07) is 0.564. The van der Waals surface area contributed by atoms with E-state index in [1.54, 1.807) is 6.07 Å². The van der Waals surface area contributed by atoms with Crippen LogP contribution in [0, 0.1) is 0 Å². The van der Waals surface area contributed by atoms with Crippen molar-refractivity contribution in [2.45, 2.75) is 38.1 Å². The molecule has 0 amide bonds. The fourth-order valence-corrected chi connectivity index (χ4v) is 3.09. The molecular formula is C13H16BrNO3. The molecule has 4 nitrogen and oxygen atoms in total. The average molecular weight is 314 g/mol. The Labute approximate surface area is 114 Å². The first-order valence-electron chi connectivity index (χ1n) is 6.04. The second kappa shape index (κ2) is 5.28. The molecule has 0 saturated heterocycles. The van der Waals surface area contributed by atoms with Crippen molar-refractivity contribution in [1.29, 1.82) is 0 Å². The predicted octanol–water partition coefficient (Wildman–Crippen LogP) is 2.51. The van der Waals surface area contributed by atoms with Gasteiger partial charge >= 0.3 is 5.97 Å². The molecule has 0 aliphatic heterocycles. The van der Waals surface area contributed by atoms with Crippen LogP contribution >= 0.6 is 15.9 Å². The van der Waals surface area contributed by atoms with Crippen molar-refractivity contribution in [1.82, 2.24) is 0 Å². The fraction of sp³-hybridized carbons (Fsp3) is 0.462. The smallest absolute Gasteiger partial charge is 0.325 e. The van der Waals surface area contributed by atoms with E-state index in [9.17, 15) is 9.90 Å². The summed E-state index contributed by atoms with van der Waals surface area (Å²) in [4.78, 5) is 10.9. The lowest BCUT2D eigenvalue weighted by Crippen LogP contribution is -2.21. The molecule has 1 atom stereocenters. The van der Waals surface area contributed by atoms with E-state index < -0.39 is 12.0 Å². The van der Waals surface area contributed by atoms with Gasteiger partial charge in [-0.05, 0) is 58.8 Å². The molecule has 0 heterocycles. The molecule has 1 unspecified atom stereocenters. The van der Waals surface area contributed by atoms with Crippen LogP contribution in [0.2, 0.25) is 0 Å². The van der Waals surface area contributed by atoms with Gasteiger partial charge in [-0.15, -0.1) is 0 Å². The van der Waals surface area contributed by atoms with Crippen LogP contribution in [0.1, 0.15) is 42.0 Å². The second-order valence-corrected chi connectivity index (χ2v) is 5.44. The number of carboxylic acids is 1. The van der Waals surface area contributed by atoms with E-state index in [2.05, 4.69) is 15.9 Å². The number of halogens is 1. The Morgan fingerprint density at radius 1 is 1.33 bits per heavy atom. The molecule has 0 radical (unpaired) electrons. The molecule has 1 aromatic rings. The molecule has 98 valence electrons. The summed E-state index contributed by atoms with van der Waals surface area (Å²) in [6.07, 6.45) is 5.16. The maximum atomic E-state index is 10.9. The van der Waals surface area contributed by atoms with E-state index in [1.807, 2.05) is 0 Å². The van der Waals surface area contributed by atoms with Gasteiger partial charge in [0.2, 0.25) is 0 Å². The summed E-state index contributed by atoms with van der Waals surface area (Å²) >= 11 is 3.37. The highest BCUT2D eigenvalue weighted by molar-refractivity contribution is 9.10. The average Bonchev–Trinajstić information content (AvgIpc) is 2.58. The molecule has 0 bridgehead atoms. The molecule has 5 heteroatoms. The van der Waals surface area contributed by atoms with Gasteiger partial charge in [-0.1, -0.05) is 6.42 Å². The van der Waals surface area contributed by atoms with E-state index >= 15 is 0 Å². The Hall–Kier alpha value is -1.07. The van der Waals surface area contributed by atoms with E-state index in [0.717, 1.165) is 43.2 Å². The molecule has 1 aliphatic carbocycles. The lowest BCUT2D eigenvalue weighted by atomic mass is 9.96. The molecule has 4 N–H and O–H groups in total. The van der Waals surface area contributed by atoms with Gasteiger partial charge in [-0.2, -0.15) is 0 Å². The highest BCUT2D eigenvalue weighted by atomic mass is 79.9. The zero-order chi connectivity index (χ0) is 13.3. The van der Waals surface area contributed by atoms with Crippen molar-refractivity contribution in [3.8, 4) is 5.75 Å². The number of phenols is 1. The van der Waals surface area contributed by atoms with Gasteiger partial charge in [-0.25, -0.2) is 0 Å². The summed E-state index contributed by atoms with van der Waals surface area (Å²) in [5.41, 5.74) is 8.08. The van der Waals surface area contributed by atoms with Crippen LogP contribution in [-0.2, 0) is 17.6 Å². The Balaban J connectivity index is 2.53. The molecular weight excluding hydrogens is 298 g/mol. The quantitative estimate of drug-likeness (QED) is 0.732. The number of benzene rings is 1. The number of aliphatic carboxylic acids is 1. The van der Waals surface area contributed by atoms with E-state index in [4.69, 9.17) is 10.8 Å². The molecule has 0 aromatic heterocycles. The standard InChI is InChI=1S/C13H16BrNO3/c14-10-8-5-3-1-2-4-7(8)6-9(12(10)16)11(15)13(17)18/h6,11,16H,1-5,15H2,(H,17,18). The monoisotopic (exact) mass is 313 g/mol. The number of carboxylic acid groups (broad SMARTS) is 1. The highest BCUT2D eigenvalue weighted by Crippen LogP contribution is 2.39.